The lowest BCUT2D eigenvalue weighted by Crippen LogP contribution is -2.46. The number of amides is 1. The number of hydrogen-bond acceptors (Lipinski definition) is 2. The van der Waals surface area contributed by atoms with Gasteiger partial charge in [-0.25, -0.2) is 0 Å². The average Bonchev–Trinajstić information content (AvgIpc) is 2.53. The number of carbonyl (C=O) groups excluding carboxylic acids is 1. The minimum Gasteiger partial charge on any atom is -0.351 e. The van der Waals surface area contributed by atoms with Crippen LogP contribution < -0.4 is 10.6 Å². The topological polar surface area (TPSA) is 41.1 Å². The lowest BCUT2D eigenvalue weighted by molar-refractivity contribution is -0.123. The summed E-state index contributed by atoms with van der Waals surface area (Å²) in [6.45, 7) is 1.55. The SMILES string of the molecule is Cl.O=C(NCc1ccc2ccccc2c1)C1CCCCN1. The van der Waals surface area contributed by atoms with Crippen molar-refractivity contribution in [3.63, 3.8) is 0 Å². The van der Waals surface area contributed by atoms with Crippen molar-refractivity contribution in [1.29, 1.82) is 0 Å². The number of halogens is 1. The molecule has 0 radical (unpaired) electrons. The smallest absolute Gasteiger partial charge is 0.237 e. The van der Waals surface area contributed by atoms with Crippen LogP contribution >= 0.6 is 12.4 Å². The summed E-state index contributed by atoms with van der Waals surface area (Å²) >= 11 is 0. The van der Waals surface area contributed by atoms with Gasteiger partial charge in [-0.2, -0.15) is 0 Å². The number of hydrogen-bond donors (Lipinski definition) is 2. The highest BCUT2D eigenvalue weighted by atomic mass is 35.5. The summed E-state index contributed by atoms with van der Waals surface area (Å²) in [5.74, 6) is 0.123. The van der Waals surface area contributed by atoms with E-state index in [9.17, 15) is 4.79 Å². The first-order valence-electron chi connectivity index (χ1n) is 7.32. The molecule has 0 aromatic heterocycles. The number of fused-ring (bicyclic) bond motifs is 1. The second-order valence-corrected chi connectivity index (χ2v) is 5.40. The third-order valence-electron chi connectivity index (χ3n) is 3.91. The number of carbonyl (C=O) groups is 1. The first-order valence-corrected chi connectivity index (χ1v) is 7.32. The fourth-order valence-corrected chi connectivity index (χ4v) is 2.74. The molecule has 0 bridgehead atoms. The molecule has 2 aromatic carbocycles. The van der Waals surface area contributed by atoms with Crippen LogP contribution in [-0.4, -0.2) is 18.5 Å². The molecule has 0 aliphatic carbocycles. The molecule has 1 amide bonds. The average molecular weight is 305 g/mol. The number of rotatable bonds is 3. The van der Waals surface area contributed by atoms with Gasteiger partial charge in [0.2, 0.25) is 5.91 Å². The first kappa shape index (κ1) is 15.8. The minimum atomic E-state index is -0.00999. The zero-order valence-corrected chi connectivity index (χ0v) is 12.8. The zero-order valence-electron chi connectivity index (χ0n) is 12.0. The highest BCUT2D eigenvalue weighted by Gasteiger charge is 2.19. The van der Waals surface area contributed by atoms with E-state index < -0.39 is 0 Å². The van der Waals surface area contributed by atoms with Crippen LogP contribution in [0.25, 0.3) is 10.8 Å². The number of piperidine rings is 1. The summed E-state index contributed by atoms with van der Waals surface area (Å²) < 4.78 is 0. The van der Waals surface area contributed by atoms with E-state index in [1.54, 1.807) is 0 Å². The van der Waals surface area contributed by atoms with Crippen molar-refractivity contribution in [2.75, 3.05) is 6.54 Å². The van der Waals surface area contributed by atoms with Gasteiger partial charge >= 0.3 is 0 Å². The maximum absolute atomic E-state index is 12.1. The van der Waals surface area contributed by atoms with Crippen molar-refractivity contribution < 1.29 is 4.79 Å². The predicted octanol–water partition coefficient (Wildman–Crippen LogP) is 3.02. The van der Waals surface area contributed by atoms with E-state index in [0.29, 0.717) is 6.54 Å². The molecular weight excluding hydrogens is 284 g/mol. The quantitative estimate of drug-likeness (QED) is 0.915. The van der Waals surface area contributed by atoms with Gasteiger partial charge in [0, 0.05) is 6.54 Å². The molecule has 2 N–H and O–H groups in total. The summed E-state index contributed by atoms with van der Waals surface area (Å²) in [7, 11) is 0. The summed E-state index contributed by atoms with van der Waals surface area (Å²) in [4.78, 5) is 12.1. The molecule has 3 rings (SSSR count). The molecular formula is C17H21ClN2O. The third kappa shape index (κ3) is 3.96. The Balaban J connectivity index is 0.00000161. The Kier molecular flexibility index (Phi) is 5.59. The zero-order chi connectivity index (χ0) is 13.8. The molecule has 1 heterocycles. The monoisotopic (exact) mass is 304 g/mol. The first-order chi connectivity index (χ1) is 9.83. The molecule has 0 spiro atoms. The second-order valence-electron chi connectivity index (χ2n) is 5.40. The molecule has 21 heavy (non-hydrogen) atoms. The maximum Gasteiger partial charge on any atom is 0.237 e. The van der Waals surface area contributed by atoms with Crippen LogP contribution in [0.1, 0.15) is 24.8 Å². The normalized spacial score (nSPS) is 18.0. The van der Waals surface area contributed by atoms with Gasteiger partial charge in [0.15, 0.2) is 0 Å². The molecule has 2 aromatic rings. The van der Waals surface area contributed by atoms with E-state index in [2.05, 4.69) is 41.0 Å². The lowest BCUT2D eigenvalue weighted by atomic mass is 10.0. The molecule has 1 unspecified atom stereocenters. The van der Waals surface area contributed by atoms with Crippen LogP contribution in [0, 0.1) is 0 Å². The van der Waals surface area contributed by atoms with Gasteiger partial charge in [0.05, 0.1) is 6.04 Å². The lowest BCUT2D eigenvalue weighted by Gasteiger charge is -2.22. The minimum absolute atomic E-state index is 0. The van der Waals surface area contributed by atoms with Crippen LogP contribution in [0.2, 0.25) is 0 Å². The van der Waals surface area contributed by atoms with Crippen LogP contribution in [0.5, 0.6) is 0 Å². The van der Waals surface area contributed by atoms with E-state index in [0.717, 1.165) is 24.9 Å². The molecule has 1 aliphatic rings. The summed E-state index contributed by atoms with van der Waals surface area (Å²) in [5.41, 5.74) is 1.15. The van der Waals surface area contributed by atoms with E-state index in [4.69, 9.17) is 0 Å². The van der Waals surface area contributed by atoms with Gasteiger partial charge in [-0.15, -0.1) is 12.4 Å². The fraction of sp³-hybridized carbons (Fsp3) is 0.353. The molecule has 4 heteroatoms. The Hall–Kier alpha value is -1.58. The molecule has 1 saturated heterocycles. The van der Waals surface area contributed by atoms with Crippen LogP contribution in [0.15, 0.2) is 42.5 Å². The molecule has 1 aliphatic heterocycles. The van der Waals surface area contributed by atoms with Crippen molar-refractivity contribution in [1.82, 2.24) is 10.6 Å². The molecule has 1 atom stereocenters. The Morgan fingerprint density at radius 3 is 2.71 bits per heavy atom. The Labute approximate surface area is 131 Å². The van der Waals surface area contributed by atoms with Gasteiger partial charge in [0.1, 0.15) is 0 Å². The second kappa shape index (κ2) is 7.43. The van der Waals surface area contributed by atoms with Crippen molar-refractivity contribution in [3.05, 3.63) is 48.0 Å². The summed E-state index contributed by atoms with van der Waals surface area (Å²) in [6.07, 6.45) is 3.26. The number of nitrogens with one attached hydrogen (secondary N) is 2. The van der Waals surface area contributed by atoms with Gasteiger partial charge in [-0.3, -0.25) is 4.79 Å². The van der Waals surface area contributed by atoms with Crippen molar-refractivity contribution in [2.45, 2.75) is 31.8 Å². The predicted molar refractivity (Wildman–Crippen MR) is 88.7 cm³/mol. The standard InChI is InChI=1S/C17H20N2O.ClH/c20-17(16-7-3-4-10-18-16)19-12-13-8-9-14-5-1-2-6-15(14)11-13;/h1-2,5-6,8-9,11,16,18H,3-4,7,10,12H2,(H,19,20);1H. The third-order valence-corrected chi connectivity index (χ3v) is 3.91. The summed E-state index contributed by atoms with van der Waals surface area (Å²) in [6, 6.07) is 14.6. The Bertz CT molecular complexity index is 609. The van der Waals surface area contributed by atoms with Gasteiger partial charge in [0.25, 0.3) is 0 Å². The van der Waals surface area contributed by atoms with Gasteiger partial charge in [-0.1, -0.05) is 42.8 Å². The van der Waals surface area contributed by atoms with Crippen LogP contribution in [0.3, 0.4) is 0 Å². The van der Waals surface area contributed by atoms with Crippen molar-refractivity contribution >= 4 is 29.1 Å². The van der Waals surface area contributed by atoms with Crippen LogP contribution in [-0.2, 0) is 11.3 Å². The highest BCUT2D eigenvalue weighted by molar-refractivity contribution is 5.85. The summed E-state index contributed by atoms with van der Waals surface area (Å²) in [5, 5.41) is 8.76. The fourth-order valence-electron chi connectivity index (χ4n) is 2.74. The maximum atomic E-state index is 12.1. The molecule has 3 nitrogen and oxygen atoms in total. The highest BCUT2D eigenvalue weighted by Crippen LogP contribution is 2.15. The Morgan fingerprint density at radius 1 is 1.14 bits per heavy atom. The van der Waals surface area contributed by atoms with Crippen molar-refractivity contribution in [2.24, 2.45) is 0 Å². The largest absolute Gasteiger partial charge is 0.351 e. The van der Waals surface area contributed by atoms with E-state index >= 15 is 0 Å². The Morgan fingerprint density at radius 2 is 1.95 bits per heavy atom. The number of benzene rings is 2. The van der Waals surface area contributed by atoms with Crippen molar-refractivity contribution in [3.8, 4) is 0 Å². The van der Waals surface area contributed by atoms with Crippen LogP contribution in [0.4, 0.5) is 0 Å². The van der Waals surface area contributed by atoms with Gasteiger partial charge < -0.3 is 10.6 Å². The molecule has 1 fully saturated rings. The van der Waals surface area contributed by atoms with E-state index in [-0.39, 0.29) is 24.4 Å². The van der Waals surface area contributed by atoms with E-state index in [1.165, 1.54) is 17.2 Å². The molecule has 0 saturated carbocycles. The van der Waals surface area contributed by atoms with Gasteiger partial charge in [-0.05, 0) is 41.8 Å². The van der Waals surface area contributed by atoms with E-state index in [1.807, 2.05) is 12.1 Å². The molecule has 112 valence electrons.